The van der Waals surface area contributed by atoms with Gasteiger partial charge in [0.25, 0.3) is 11.5 Å². The van der Waals surface area contributed by atoms with Crippen molar-refractivity contribution >= 4 is 23.5 Å². The number of nitrogens with one attached hydrogen (secondary N) is 1. The predicted molar refractivity (Wildman–Crippen MR) is 123 cm³/mol. The summed E-state index contributed by atoms with van der Waals surface area (Å²) < 4.78 is 7.06. The van der Waals surface area contributed by atoms with Gasteiger partial charge in [-0.05, 0) is 30.9 Å². The van der Waals surface area contributed by atoms with E-state index in [-0.39, 0.29) is 18.3 Å². The van der Waals surface area contributed by atoms with Gasteiger partial charge in [-0.3, -0.25) is 23.5 Å². The van der Waals surface area contributed by atoms with E-state index in [9.17, 15) is 24.0 Å². The molecule has 0 unspecified atom stereocenters. The number of nitrogens with two attached hydrogens (primary N) is 1. The smallest absolute Gasteiger partial charge is 0.332 e. The van der Waals surface area contributed by atoms with Gasteiger partial charge in [0.1, 0.15) is 17.4 Å². The second-order valence-corrected chi connectivity index (χ2v) is 8.10. The highest BCUT2D eigenvalue weighted by Gasteiger charge is 2.28. The molecule has 0 bridgehead atoms. The van der Waals surface area contributed by atoms with Crippen molar-refractivity contribution in [2.75, 3.05) is 12.3 Å². The maximum atomic E-state index is 12.7. The summed E-state index contributed by atoms with van der Waals surface area (Å²) in [6, 6.07) is 5.91. The van der Waals surface area contributed by atoms with Crippen molar-refractivity contribution in [2.24, 2.45) is 13.0 Å². The number of aromatic nitrogens is 2. The van der Waals surface area contributed by atoms with Crippen LogP contribution >= 0.6 is 0 Å². The number of carbonyl (C=O) groups excluding carboxylic acids is 3. The molecule has 0 radical (unpaired) electrons. The number of rotatable bonds is 9. The Morgan fingerprint density at radius 2 is 1.79 bits per heavy atom. The molecule has 178 valence electrons. The lowest BCUT2D eigenvalue weighted by Gasteiger charge is -2.21. The van der Waals surface area contributed by atoms with E-state index in [2.05, 4.69) is 5.32 Å². The molecule has 0 saturated carbocycles. The fourth-order valence-corrected chi connectivity index (χ4v) is 3.33. The number of hydrogen-bond acceptors (Lipinski definition) is 7. The molecule has 1 aromatic heterocycles. The average molecular weight is 459 g/mol. The molecule has 0 fully saturated rings. The first kappa shape index (κ1) is 25.6. The number of benzene rings is 1. The first-order valence-corrected chi connectivity index (χ1v) is 10.7. The highest BCUT2D eigenvalue weighted by molar-refractivity contribution is 6.02. The van der Waals surface area contributed by atoms with E-state index in [1.54, 1.807) is 45.0 Å². The van der Waals surface area contributed by atoms with E-state index in [1.165, 1.54) is 7.05 Å². The molecule has 0 aliphatic heterocycles. The minimum atomic E-state index is -1.01. The molecule has 2 rings (SSSR count). The van der Waals surface area contributed by atoms with Gasteiger partial charge in [0.2, 0.25) is 5.78 Å². The van der Waals surface area contributed by atoms with Crippen LogP contribution in [0, 0.1) is 12.8 Å². The SMILES string of the molecule is CCCn1c(N)c(C(=O)COC(=O)[C@@H](NC(=O)c2ccccc2C)C(C)C)c(=O)n(C)c1=O. The van der Waals surface area contributed by atoms with E-state index < -0.39 is 47.1 Å². The van der Waals surface area contributed by atoms with Crippen molar-refractivity contribution in [3.63, 3.8) is 0 Å². The Morgan fingerprint density at radius 1 is 1.15 bits per heavy atom. The van der Waals surface area contributed by atoms with Crippen LogP contribution in [0.5, 0.6) is 0 Å². The number of amides is 1. The minimum Gasteiger partial charge on any atom is -0.456 e. The van der Waals surface area contributed by atoms with Gasteiger partial charge in [-0.1, -0.05) is 39.0 Å². The maximum Gasteiger partial charge on any atom is 0.332 e. The average Bonchev–Trinajstić information content (AvgIpc) is 2.77. The summed E-state index contributed by atoms with van der Waals surface area (Å²) in [7, 11) is 1.24. The lowest BCUT2D eigenvalue weighted by molar-refractivity contribution is -0.145. The number of ketones is 1. The number of anilines is 1. The zero-order valence-corrected chi connectivity index (χ0v) is 19.5. The van der Waals surface area contributed by atoms with Crippen LogP contribution in [-0.2, 0) is 23.1 Å². The van der Waals surface area contributed by atoms with Crippen molar-refractivity contribution in [1.29, 1.82) is 0 Å². The van der Waals surface area contributed by atoms with E-state index in [0.717, 1.165) is 14.7 Å². The largest absolute Gasteiger partial charge is 0.456 e. The molecular formula is C23H30N4O6. The summed E-state index contributed by atoms with van der Waals surface area (Å²) in [5.41, 5.74) is 5.19. The van der Waals surface area contributed by atoms with Gasteiger partial charge in [0.05, 0.1) is 0 Å². The first-order valence-electron chi connectivity index (χ1n) is 10.7. The third-order valence-corrected chi connectivity index (χ3v) is 5.25. The minimum absolute atomic E-state index is 0.221. The summed E-state index contributed by atoms with van der Waals surface area (Å²) in [5.74, 6) is -2.69. The Labute approximate surface area is 191 Å². The molecule has 0 saturated heterocycles. The summed E-state index contributed by atoms with van der Waals surface area (Å²) in [5, 5.41) is 2.64. The van der Waals surface area contributed by atoms with E-state index in [4.69, 9.17) is 10.5 Å². The van der Waals surface area contributed by atoms with Crippen LogP contribution < -0.4 is 22.3 Å². The lowest BCUT2D eigenvalue weighted by Crippen LogP contribution is -2.46. The van der Waals surface area contributed by atoms with E-state index >= 15 is 0 Å². The normalized spacial score (nSPS) is 11.8. The zero-order valence-electron chi connectivity index (χ0n) is 19.5. The van der Waals surface area contributed by atoms with Crippen LogP contribution in [0.1, 0.15) is 53.5 Å². The van der Waals surface area contributed by atoms with Crippen LogP contribution in [0.25, 0.3) is 0 Å². The van der Waals surface area contributed by atoms with E-state index in [0.29, 0.717) is 12.0 Å². The number of esters is 1. The zero-order chi connectivity index (χ0) is 24.9. The van der Waals surface area contributed by atoms with Crippen molar-refractivity contribution in [2.45, 2.75) is 46.7 Å². The molecule has 1 atom stereocenters. The van der Waals surface area contributed by atoms with Gasteiger partial charge in [-0.25, -0.2) is 9.59 Å². The second-order valence-electron chi connectivity index (χ2n) is 8.10. The second kappa shape index (κ2) is 10.8. The molecule has 0 aliphatic rings. The molecule has 1 aromatic carbocycles. The number of nitrogen functional groups attached to an aromatic ring is 1. The molecule has 33 heavy (non-hydrogen) atoms. The number of carbonyl (C=O) groups is 3. The highest BCUT2D eigenvalue weighted by atomic mass is 16.5. The molecule has 0 spiro atoms. The molecule has 1 heterocycles. The number of aryl methyl sites for hydroxylation is 1. The molecule has 1 amide bonds. The molecular weight excluding hydrogens is 428 g/mol. The quantitative estimate of drug-likeness (QED) is 0.422. The number of hydrogen-bond donors (Lipinski definition) is 2. The summed E-state index contributed by atoms with van der Waals surface area (Å²) >= 11 is 0. The molecule has 10 heteroatoms. The Bertz CT molecular complexity index is 1180. The van der Waals surface area contributed by atoms with E-state index in [1.807, 2.05) is 6.92 Å². The van der Waals surface area contributed by atoms with Crippen LogP contribution in [0.2, 0.25) is 0 Å². The number of Topliss-reactive ketones (excluding diaryl/α,β-unsaturated/α-hetero) is 1. The van der Waals surface area contributed by atoms with Crippen molar-refractivity contribution in [3.05, 3.63) is 61.8 Å². The van der Waals surface area contributed by atoms with Crippen LogP contribution in [-0.4, -0.2) is 39.4 Å². The van der Waals surface area contributed by atoms with Crippen molar-refractivity contribution in [1.82, 2.24) is 14.5 Å². The number of nitrogens with zero attached hydrogens (tertiary/aromatic N) is 2. The van der Waals surface area contributed by atoms with Crippen LogP contribution in [0.3, 0.4) is 0 Å². The van der Waals surface area contributed by atoms with Crippen LogP contribution in [0.4, 0.5) is 5.82 Å². The third-order valence-electron chi connectivity index (χ3n) is 5.25. The standard InChI is InChI=1S/C23H30N4O6/c1-6-11-27-19(24)17(21(30)26(5)23(27)32)16(28)12-33-22(31)18(13(2)3)25-20(29)15-10-8-7-9-14(15)4/h7-10,13,18H,6,11-12,24H2,1-5H3,(H,25,29)/t18-/m0/s1. The first-order chi connectivity index (χ1) is 15.5. The monoisotopic (exact) mass is 458 g/mol. The van der Waals surface area contributed by atoms with Crippen molar-refractivity contribution < 1.29 is 19.1 Å². The Kier molecular flexibility index (Phi) is 8.33. The molecule has 2 aromatic rings. The van der Waals surface area contributed by atoms with Crippen molar-refractivity contribution in [3.8, 4) is 0 Å². The fourth-order valence-electron chi connectivity index (χ4n) is 3.33. The van der Waals surface area contributed by atoms with Gasteiger partial charge < -0.3 is 15.8 Å². The highest BCUT2D eigenvalue weighted by Crippen LogP contribution is 2.11. The van der Waals surface area contributed by atoms with Gasteiger partial charge in [0, 0.05) is 19.2 Å². The topological polar surface area (TPSA) is 142 Å². The van der Waals surface area contributed by atoms with Gasteiger partial charge in [-0.2, -0.15) is 0 Å². The van der Waals surface area contributed by atoms with Crippen LogP contribution in [0.15, 0.2) is 33.9 Å². The van der Waals surface area contributed by atoms with Gasteiger partial charge in [0.15, 0.2) is 6.61 Å². The van der Waals surface area contributed by atoms with Gasteiger partial charge in [-0.15, -0.1) is 0 Å². The Morgan fingerprint density at radius 3 is 2.36 bits per heavy atom. The Hall–Kier alpha value is -3.69. The predicted octanol–water partition coefficient (Wildman–Crippen LogP) is 1.03. The molecule has 0 aliphatic carbocycles. The third kappa shape index (κ3) is 5.57. The summed E-state index contributed by atoms with van der Waals surface area (Å²) in [4.78, 5) is 62.8. The Balaban J connectivity index is 2.21. The molecule has 3 N–H and O–H groups in total. The maximum absolute atomic E-state index is 12.7. The fraction of sp³-hybridized carbons (Fsp3) is 0.435. The summed E-state index contributed by atoms with van der Waals surface area (Å²) in [6.07, 6.45) is 0.557. The summed E-state index contributed by atoms with van der Waals surface area (Å²) in [6.45, 7) is 6.50. The lowest BCUT2D eigenvalue weighted by atomic mass is 10.0. The molecule has 10 nitrogen and oxygen atoms in total. The number of ether oxygens (including phenoxy) is 1. The van der Waals surface area contributed by atoms with Gasteiger partial charge >= 0.3 is 11.7 Å².